The van der Waals surface area contributed by atoms with Crippen molar-refractivity contribution < 1.29 is 33.1 Å². The minimum atomic E-state index is -1.67. The van der Waals surface area contributed by atoms with Gasteiger partial charge in [-0.15, -0.1) is 0 Å². The van der Waals surface area contributed by atoms with Gasteiger partial charge in [0.1, 0.15) is 29.3 Å². The number of benzene rings is 2. The van der Waals surface area contributed by atoms with Crippen LogP contribution in [0.1, 0.15) is 63.8 Å². The lowest BCUT2D eigenvalue weighted by molar-refractivity contribution is -0.139. The molecule has 1 aromatic heterocycles. The van der Waals surface area contributed by atoms with Crippen LogP contribution in [0, 0.1) is 23.5 Å². The summed E-state index contributed by atoms with van der Waals surface area (Å²) in [6.07, 6.45) is -0.244. The summed E-state index contributed by atoms with van der Waals surface area (Å²) in [5.74, 6) is -4.13. The largest absolute Gasteiger partial charge is 0.465 e. The number of aromatic nitrogens is 1. The number of H-pyrrole nitrogens is 1. The van der Waals surface area contributed by atoms with Crippen molar-refractivity contribution in [3.8, 4) is 0 Å². The summed E-state index contributed by atoms with van der Waals surface area (Å²) in [5, 5.41) is 16.5. The van der Waals surface area contributed by atoms with E-state index >= 15 is 0 Å². The maximum absolute atomic E-state index is 14.5. The number of nitrogens with one attached hydrogen (secondary N) is 3. The second-order valence-corrected chi connectivity index (χ2v) is 12.7. The molecule has 2 aromatic carbocycles. The quantitative estimate of drug-likeness (QED) is 0.184. The number of aromatic amines is 1. The highest BCUT2D eigenvalue weighted by Gasteiger charge is 2.47. The maximum Gasteiger partial charge on any atom is 0.408 e. The fourth-order valence-electron chi connectivity index (χ4n) is 6.19. The van der Waals surface area contributed by atoms with Crippen LogP contribution in [0.4, 0.5) is 13.6 Å². The zero-order valence-corrected chi connectivity index (χ0v) is 27.0. The van der Waals surface area contributed by atoms with Crippen molar-refractivity contribution in [3.05, 3.63) is 69.9 Å². The number of carboxylic acid groups (broad SMARTS) is 1. The summed E-state index contributed by atoms with van der Waals surface area (Å²) in [6, 6.07) is 5.59. The van der Waals surface area contributed by atoms with Crippen LogP contribution in [-0.2, 0) is 33.8 Å². The first-order valence-electron chi connectivity index (χ1n) is 15.4. The van der Waals surface area contributed by atoms with Crippen molar-refractivity contribution in [1.82, 2.24) is 20.5 Å². The Kier molecular flexibility index (Phi) is 10.6. The summed E-state index contributed by atoms with van der Waals surface area (Å²) in [4.78, 5) is 57.7. The van der Waals surface area contributed by atoms with Crippen molar-refractivity contribution in [2.75, 3.05) is 0 Å². The lowest BCUT2D eigenvalue weighted by atomic mass is 9.78. The predicted molar refractivity (Wildman–Crippen MR) is 170 cm³/mol. The highest BCUT2D eigenvalue weighted by atomic mass is 35.5. The molecular formula is C33H40ClF2N5O5. The van der Waals surface area contributed by atoms with Gasteiger partial charge in [-0.1, -0.05) is 64.3 Å². The minimum Gasteiger partial charge on any atom is -0.465 e. The van der Waals surface area contributed by atoms with E-state index < -0.39 is 59.0 Å². The van der Waals surface area contributed by atoms with Crippen LogP contribution in [0.5, 0.6) is 0 Å². The number of nitrogens with zero attached hydrogens (tertiary/aromatic N) is 1. The van der Waals surface area contributed by atoms with Crippen LogP contribution in [-0.4, -0.2) is 56.4 Å². The molecule has 0 bridgehead atoms. The van der Waals surface area contributed by atoms with Crippen LogP contribution >= 0.6 is 11.6 Å². The molecule has 3 aromatic rings. The number of nitrogens with two attached hydrogens (primary N) is 1. The van der Waals surface area contributed by atoms with Gasteiger partial charge in [-0.25, -0.2) is 13.6 Å². The van der Waals surface area contributed by atoms with E-state index in [1.54, 1.807) is 26.8 Å². The molecule has 13 heteroatoms. The van der Waals surface area contributed by atoms with E-state index in [4.69, 9.17) is 17.3 Å². The zero-order chi connectivity index (χ0) is 33.9. The normalized spacial score (nSPS) is 18.6. The molecule has 6 N–H and O–H groups in total. The Morgan fingerprint density at radius 3 is 2.39 bits per heavy atom. The summed E-state index contributed by atoms with van der Waals surface area (Å²) < 4.78 is 28.5. The molecule has 4 amide bonds. The van der Waals surface area contributed by atoms with Gasteiger partial charge in [0.2, 0.25) is 17.7 Å². The average Bonchev–Trinajstić information content (AvgIpc) is 3.36. The molecule has 1 aliphatic rings. The van der Waals surface area contributed by atoms with Gasteiger partial charge in [-0.05, 0) is 60.1 Å². The topological polar surface area (TPSA) is 158 Å². The lowest BCUT2D eigenvalue weighted by Crippen LogP contribution is -2.67. The third-order valence-corrected chi connectivity index (χ3v) is 9.48. The number of aryl methyl sites for hydroxylation is 1. The molecule has 248 valence electrons. The van der Waals surface area contributed by atoms with E-state index in [9.17, 15) is 33.1 Å². The van der Waals surface area contributed by atoms with Gasteiger partial charge < -0.3 is 26.5 Å². The van der Waals surface area contributed by atoms with E-state index in [1.165, 1.54) is 30.3 Å². The Balaban J connectivity index is 1.79. The highest BCUT2D eigenvalue weighted by Crippen LogP contribution is 2.37. The van der Waals surface area contributed by atoms with E-state index in [0.29, 0.717) is 40.6 Å². The van der Waals surface area contributed by atoms with Gasteiger partial charge in [0.15, 0.2) is 0 Å². The van der Waals surface area contributed by atoms with Crippen LogP contribution in [0.3, 0.4) is 0 Å². The SMILES string of the molecule is CC[C@H](C)C(NC(=O)[C@@]1(NC(=O)C([C@@H](C)CC)N(Cc2cccc(F)c2)C(=O)O)CCc2[nH]c3c(Cl)cc(F)cc3c2C1)C(N)=O. The molecule has 0 aliphatic heterocycles. The van der Waals surface area contributed by atoms with Crippen LogP contribution < -0.4 is 16.4 Å². The molecule has 0 spiro atoms. The van der Waals surface area contributed by atoms with E-state index in [-0.39, 0.29) is 36.7 Å². The molecule has 1 heterocycles. The predicted octanol–water partition coefficient (Wildman–Crippen LogP) is 5.05. The fourth-order valence-corrected chi connectivity index (χ4v) is 6.45. The smallest absolute Gasteiger partial charge is 0.408 e. The summed E-state index contributed by atoms with van der Waals surface area (Å²) in [6.45, 7) is 6.85. The van der Waals surface area contributed by atoms with Gasteiger partial charge in [0.25, 0.3) is 0 Å². The van der Waals surface area contributed by atoms with Gasteiger partial charge in [0.05, 0.1) is 10.5 Å². The first-order valence-corrected chi connectivity index (χ1v) is 15.7. The van der Waals surface area contributed by atoms with Crippen molar-refractivity contribution in [3.63, 3.8) is 0 Å². The van der Waals surface area contributed by atoms with Crippen LogP contribution in [0.2, 0.25) is 5.02 Å². The molecule has 46 heavy (non-hydrogen) atoms. The fraction of sp³-hybridized carbons (Fsp3) is 0.455. The number of halogens is 3. The number of carbonyl (C=O) groups is 4. The van der Waals surface area contributed by atoms with Gasteiger partial charge in [-0.3, -0.25) is 19.3 Å². The standard InChI is InChI=1S/C33H40ClF2N5O5/c1-5-17(3)26(29(37)42)39-31(44)33(11-10-25-23(15-33)22-13-21(36)14-24(34)27(22)38-25)40-30(43)28(18(4)6-2)41(32(45)46)16-19-8-7-9-20(35)12-19/h7-9,12-14,17-18,26,28,38H,5-6,10-11,15-16H2,1-4H3,(H2,37,42)(H,39,44)(H,40,43)(H,45,46)/t17-,18-,26?,28?,33+/m0/s1. The second-order valence-electron chi connectivity index (χ2n) is 12.3. The molecule has 1 aliphatic carbocycles. The van der Waals surface area contributed by atoms with Gasteiger partial charge in [-0.2, -0.15) is 0 Å². The molecule has 0 saturated heterocycles. The van der Waals surface area contributed by atoms with Crippen LogP contribution in [0.15, 0.2) is 36.4 Å². The monoisotopic (exact) mass is 659 g/mol. The van der Waals surface area contributed by atoms with E-state index in [0.717, 1.165) is 4.90 Å². The number of primary amides is 1. The summed E-state index contributed by atoms with van der Waals surface area (Å²) in [7, 11) is 0. The Hall–Kier alpha value is -4.19. The van der Waals surface area contributed by atoms with Crippen molar-refractivity contribution in [1.29, 1.82) is 0 Å². The Bertz CT molecular complexity index is 1650. The van der Waals surface area contributed by atoms with Gasteiger partial charge >= 0.3 is 6.09 Å². The van der Waals surface area contributed by atoms with Gasteiger partial charge in [0, 0.05) is 24.0 Å². The molecule has 5 atom stereocenters. The minimum absolute atomic E-state index is 0.0701. The van der Waals surface area contributed by atoms with Crippen molar-refractivity contribution in [2.24, 2.45) is 17.6 Å². The van der Waals surface area contributed by atoms with E-state index in [1.807, 2.05) is 6.92 Å². The lowest BCUT2D eigenvalue weighted by Gasteiger charge is -2.41. The molecule has 0 fully saturated rings. The summed E-state index contributed by atoms with van der Waals surface area (Å²) in [5.41, 5.74) is 6.09. The number of carbonyl (C=O) groups excluding carboxylic acids is 3. The number of rotatable bonds is 12. The van der Waals surface area contributed by atoms with Crippen LogP contribution in [0.25, 0.3) is 10.9 Å². The number of fused-ring (bicyclic) bond motifs is 3. The molecule has 2 unspecified atom stereocenters. The average molecular weight is 660 g/mol. The van der Waals surface area contributed by atoms with E-state index in [2.05, 4.69) is 15.6 Å². The Morgan fingerprint density at radius 2 is 1.78 bits per heavy atom. The number of hydrogen-bond acceptors (Lipinski definition) is 4. The maximum atomic E-state index is 14.5. The molecule has 10 nitrogen and oxygen atoms in total. The highest BCUT2D eigenvalue weighted by molar-refractivity contribution is 6.35. The molecule has 4 rings (SSSR count). The number of amides is 4. The Labute approximate surface area is 271 Å². The number of hydrogen-bond donors (Lipinski definition) is 5. The third kappa shape index (κ3) is 7.11. The zero-order valence-electron chi connectivity index (χ0n) is 26.3. The van der Waals surface area contributed by atoms with Crippen molar-refractivity contribution in [2.45, 2.75) is 84.0 Å². The summed E-state index contributed by atoms with van der Waals surface area (Å²) >= 11 is 6.33. The Morgan fingerprint density at radius 1 is 1.09 bits per heavy atom. The molecular weight excluding hydrogens is 620 g/mol. The molecule has 0 radical (unpaired) electrons. The molecule has 0 saturated carbocycles. The second kappa shape index (κ2) is 14.1. The first kappa shape index (κ1) is 34.7. The van der Waals surface area contributed by atoms with Crippen molar-refractivity contribution >= 4 is 46.3 Å². The third-order valence-electron chi connectivity index (χ3n) is 9.18. The first-order chi connectivity index (χ1) is 21.7.